The van der Waals surface area contributed by atoms with E-state index in [1.165, 1.54) is 0 Å². The molecule has 0 amide bonds. The van der Waals surface area contributed by atoms with Crippen LogP contribution in [-0.4, -0.2) is 16.3 Å². The first-order chi connectivity index (χ1) is 10.2. The van der Waals surface area contributed by atoms with Gasteiger partial charge in [0.2, 0.25) is 0 Å². The number of nitrogens with one attached hydrogen (secondary N) is 1. The Morgan fingerprint density at radius 1 is 1.29 bits per heavy atom. The van der Waals surface area contributed by atoms with Gasteiger partial charge in [-0.2, -0.15) is 5.10 Å². The molecule has 1 atom stereocenters. The van der Waals surface area contributed by atoms with Gasteiger partial charge in [0.05, 0.1) is 16.4 Å². The second-order valence-corrected chi connectivity index (χ2v) is 6.00. The molecule has 0 fully saturated rings. The molecule has 2 aromatic rings. The van der Waals surface area contributed by atoms with E-state index in [0.717, 1.165) is 54.0 Å². The third-order valence-electron chi connectivity index (χ3n) is 3.46. The van der Waals surface area contributed by atoms with Crippen molar-refractivity contribution in [3.05, 3.63) is 40.0 Å². The summed E-state index contributed by atoms with van der Waals surface area (Å²) in [4.78, 5) is 0. The molecule has 2 aromatic heterocycles. The minimum atomic E-state index is 0.0358. The van der Waals surface area contributed by atoms with Crippen molar-refractivity contribution in [1.29, 1.82) is 0 Å². The van der Waals surface area contributed by atoms with Crippen LogP contribution < -0.4 is 5.32 Å². The Balaban J connectivity index is 2.37. The average molecular weight is 354 g/mol. The van der Waals surface area contributed by atoms with Crippen LogP contribution in [0.3, 0.4) is 0 Å². The second kappa shape index (κ2) is 7.80. The van der Waals surface area contributed by atoms with Gasteiger partial charge in [-0.25, -0.2) is 0 Å². The molecule has 0 aliphatic rings. The highest BCUT2D eigenvalue weighted by atomic mass is 79.9. The van der Waals surface area contributed by atoms with Crippen molar-refractivity contribution in [2.75, 3.05) is 6.54 Å². The standard InChI is InChI=1S/C16H24BrN3O/c1-4-9-18-15(14-8-7-12(6-3)21-14)16-13(17)11-19-20(16)10-5-2/h7-8,11,15,18H,4-6,9-10H2,1-3H3. The van der Waals surface area contributed by atoms with Gasteiger partial charge in [0.15, 0.2) is 0 Å². The van der Waals surface area contributed by atoms with Crippen molar-refractivity contribution in [2.24, 2.45) is 0 Å². The van der Waals surface area contributed by atoms with Crippen LogP contribution >= 0.6 is 15.9 Å². The molecule has 0 aromatic carbocycles. The van der Waals surface area contributed by atoms with Gasteiger partial charge >= 0.3 is 0 Å². The van der Waals surface area contributed by atoms with Crippen LogP contribution in [0, 0.1) is 0 Å². The number of nitrogens with zero attached hydrogens (tertiary/aromatic N) is 2. The summed E-state index contributed by atoms with van der Waals surface area (Å²) in [5, 5.41) is 8.06. The van der Waals surface area contributed by atoms with E-state index in [-0.39, 0.29) is 6.04 Å². The van der Waals surface area contributed by atoms with Crippen molar-refractivity contribution in [1.82, 2.24) is 15.1 Å². The van der Waals surface area contributed by atoms with Gasteiger partial charge < -0.3 is 9.73 Å². The number of rotatable bonds is 8. The lowest BCUT2D eigenvalue weighted by atomic mass is 10.1. The molecule has 1 N–H and O–H groups in total. The fourth-order valence-corrected chi connectivity index (χ4v) is 2.93. The van der Waals surface area contributed by atoms with Gasteiger partial charge in [-0.15, -0.1) is 0 Å². The fourth-order valence-electron chi connectivity index (χ4n) is 2.41. The maximum Gasteiger partial charge on any atom is 0.127 e. The largest absolute Gasteiger partial charge is 0.464 e. The van der Waals surface area contributed by atoms with E-state index in [1.54, 1.807) is 0 Å². The highest BCUT2D eigenvalue weighted by Gasteiger charge is 2.24. The van der Waals surface area contributed by atoms with Crippen LogP contribution in [0.15, 0.2) is 27.2 Å². The average Bonchev–Trinajstić information content (AvgIpc) is 3.09. The van der Waals surface area contributed by atoms with Crippen molar-refractivity contribution < 1.29 is 4.42 Å². The Hall–Kier alpha value is -1.07. The SMILES string of the molecule is CCCNC(c1ccc(CC)o1)c1c(Br)cnn1CCC. The van der Waals surface area contributed by atoms with E-state index < -0.39 is 0 Å². The summed E-state index contributed by atoms with van der Waals surface area (Å²) in [6, 6.07) is 4.17. The molecule has 21 heavy (non-hydrogen) atoms. The van der Waals surface area contributed by atoms with Gasteiger partial charge in [0, 0.05) is 13.0 Å². The summed E-state index contributed by atoms with van der Waals surface area (Å²) in [7, 11) is 0. The molecule has 0 aliphatic heterocycles. The topological polar surface area (TPSA) is 43.0 Å². The van der Waals surface area contributed by atoms with Gasteiger partial charge in [-0.3, -0.25) is 4.68 Å². The maximum atomic E-state index is 5.98. The summed E-state index contributed by atoms with van der Waals surface area (Å²) in [5.41, 5.74) is 1.14. The summed E-state index contributed by atoms with van der Waals surface area (Å²) >= 11 is 3.64. The van der Waals surface area contributed by atoms with Gasteiger partial charge in [0.1, 0.15) is 17.6 Å². The minimum absolute atomic E-state index is 0.0358. The third kappa shape index (κ3) is 3.77. The lowest BCUT2D eigenvalue weighted by Crippen LogP contribution is -2.26. The van der Waals surface area contributed by atoms with Crippen LogP contribution in [-0.2, 0) is 13.0 Å². The molecule has 2 rings (SSSR count). The summed E-state index contributed by atoms with van der Waals surface area (Å²) in [6.45, 7) is 8.29. The molecule has 4 nitrogen and oxygen atoms in total. The van der Waals surface area contributed by atoms with Crippen LogP contribution in [0.4, 0.5) is 0 Å². The molecule has 0 saturated heterocycles. The number of halogens is 1. The van der Waals surface area contributed by atoms with E-state index in [1.807, 2.05) is 6.20 Å². The minimum Gasteiger partial charge on any atom is -0.464 e. The number of aromatic nitrogens is 2. The molecule has 0 radical (unpaired) electrons. The first-order valence-corrected chi connectivity index (χ1v) is 8.53. The molecule has 116 valence electrons. The van der Waals surface area contributed by atoms with Crippen molar-refractivity contribution in [2.45, 2.75) is 52.6 Å². The number of hydrogen-bond acceptors (Lipinski definition) is 3. The van der Waals surface area contributed by atoms with Crippen molar-refractivity contribution in [3.63, 3.8) is 0 Å². The van der Waals surface area contributed by atoms with Crippen LogP contribution in [0.25, 0.3) is 0 Å². The van der Waals surface area contributed by atoms with E-state index in [0.29, 0.717) is 0 Å². The van der Waals surface area contributed by atoms with E-state index >= 15 is 0 Å². The Bertz CT molecular complexity index is 562. The predicted octanol–water partition coefficient (Wildman–Crippen LogP) is 4.30. The van der Waals surface area contributed by atoms with Crippen LogP contribution in [0.1, 0.15) is 56.9 Å². The molecule has 0 spiro atoms. The first kappa shape index (κ1) is 16.3. The number of hydrogen-bond donors (Lipinski definition) is 1. The summed E-state index contributed by atoms with van der Waals surface area (Å²) < 4.78 is 9.07. The maximum absolute atomic E-state index is 5.98. The summed E-state index contributed by atoms with van der Waals surface area (Å²) in [6.07, 6.45) is 4.92. The Morgan fingerprint density at radius 3 is 2.71 bits per heavy atom. The fraction of sp³-hybridized carbons (Fsp3) is 0.562. The van der Waals surface area contributed by atoms with E-state index in [9.17, 15) is 0 Å². The zero-order chi connectivity index (χ0) is 15.2. The molecular weight excluding hydrogens is 330 g/mol. The quantitative estimate of drug-likeness (QED) is 0.769. The molecule has 0 aliphatic carbocycles. The highest BCUT2D eigenvalue weighted by molar-refractivity contribution is 9.10. The molecule has 2 heterocycles. The highest BCUT2D eigenvalue weighted by Crippen LogP contribution is 2.30. The second-order valence-electron chi connectivity index (χ2n) is 5.15. The van der Waals surface area contributed by atoms with E-state index in [2.05, 4.69) is 63.9 Å². The van der Waals surface area contributed by atoms with Crippen molar-refractivity contribution >= 4 is 15.9 Å². The lowest BCUT2D eigenvalue weighted by Gasteiger charge is -2.19. The normalized spacial score (nSPS) is 12.8. The van der Waals surface area contributed by atoms with E-state index in [4.69, 9.17) is 4.42 Å². The zero-order valence-corrected chi connectivity index (χ0v) is 14.6. The lowest BCUT2D eigenvalue weighted by molar-refractivity contribution is 0.404. The molecule has 0 bridgehead atoms. The van der Waals surface area contributed by atoms with Crippen LogP contribution in [0.2, 0.25) is 0 Å². The zero-order valence-electron chi connectivity index (χ0n) is 13.0. The Morgan fingerprint density at radius 2 is 2.10 bits per heavy atom. The predicted molar refractivity (Wildman–Crippen MR) is 88.4 cm³/mol. The molecular formula is C16H24BrN3O. The van der Waals surface area contributed by atoms with Gasteiger partial charge in [-0.05, 0) is 47.4 Å². The monoisotopic (exact) mass is 353 g/mol. The molecule has 0 saturated carbocycles. The summed E-state index contributed by atoms with van der Waals surface area (Å²) in [5.74, 6) is 1.98. The number of aryl methyl sites for hydroxylation is 2. The number of furan rings is 1. The van der Waals surface area contributed by atoms with Crippen LogP contribution in [0.5, 0.6) is 0 Å². The smallest absolute Gasteiger partial charge is 0.127 e. The molecule has 1 unspecified atom stereocenters. The molecule has 5 heteroatoms. The van der Waals surface area contributed by atoms with Crippen molar-refractivity contribution in [3.8, 4) is 0 Å². The third-order valence-corrected chi connectivity index (χ3v) is 4.07. The first-order valence-electron chi connectivity index (χ1n) is 7.74. The van der Waals surface area contributed by atoms with Gasteiger partial charge in [-0.1, -0.05) is 20.8 Å². The Kier molecular flexibility index (Phi) is 6.06. The Labute approximate surface area is 135 Å². The van der Waals surface area contributed by atoms with Gasteiger partial charge in [0.25, 0.3) is 0 Å².